The van der Waals surface area contributed by atoms with Gasteiger partial charge < -0.3 is 5.32 Å². The van der Waals surface area contributed by atoms with E-state index < -0.39 is 10.0 Å². The van der Waals surface area contributed by atoms with E-state index in [1.807, 2.05) is 39.8 Å². The molecular weight excluding hydrogens is 468 g/mol. The van der Waals surface area contributed by atoms with E-state index >= 15 is 0 Å². The number of hydrogen-bond donors (Lipinski definition) is 1. The van der Waals surface area contributed by atoms with Gasteiger partial charge in [0.05, 0.1) is 16.6 Å². The van der Waals surface area contributed by atoms with Crippen LogP contribution in [0, 0.1) is 20.8 Å². The molecule has 0 aliphatic heterocycles. The van der Waals surface area contributed by atoms with Crippen molar-refractivity contribution in [3.8, 4) is 0 Å². The fourth-order valence-electron chi connectivity index (χ4n) is 4.90. The Kier molecular flexibility index (Phi) is 7.84. The molecule has 4 rings (SSSR count). The van der Waals surface area contributed by atoms with Crippen LogP contribution in [0.4, 0.5) is 5.69 Å². The summed E-state index contributed by atoms with van der Waals surface area (Å²) < 4.78 is 28.8. The standard InChI is InChI=1S/C30H36N2O3S/c1-5-28(26-16-15-24-10-6-7-11-25(24)19-26)31-30(33)20-32(29-12-8-9-22(3)23(29)4)36(34,35)27-17-13-21(2)14-18-27/h8-9,12-19,28H,5-7,10-11,20H2,1-4H3,(H,31,33)/t28-/m0/s1. The Hall–Kier alpha value is -3.12. The molecule has 0 fully saturated rings. The number of carbonyl (C=O) groups excluding carboxylic acids is 1. The van der Waals surface area contributed by atoms with Crippen LogP contribution in [0.15, 0.2) is 65.6 Å². The largest absolute Gasteiger partial charge is 0.348 e. The fraction of sp³-hybridized carbons (Fsp3) is 0.367. The highest BCUT2D eigenvalue weighted by Gasteiger charge is 2.29. The molecule has 0 saturated heterocycles. The molecule has 190 valence electrons. The van der Waals surface area contributed by atoms with Gasteiger partial charge >= 0.3 is 0 Å². The van der Waals surface area contributed by atoms with Gasteiger partial charge in [0.1, 0.15) is 6.54 Å². The van der Waals surface area contributed by atoms with E-state index in [2.05, 4.69) is 23.5 Å². The molecule has 0 saturated carbocycles. The molecule has 3 aromatic rings. The van der Waals surface area contributed by atoms with Gasteiger partial charge in [-0.05, 0) is 98.9 Å². The van der Waals surface area contributed by atoms with Crippen LogP contribution in [0.1, 0.15) is 65.6 Å². The van der Waals surface area contributed by atoms with Gasteiger partial charge in [-0.15, -0.1) is 0 Å². The minimum Gasteiger partial charge on any atom is -0.348 e. The lowest BCUT2D eigenvalue weighted by Gasteiger charge is -2.28. The topological polar surface area (TPSA) is 66.5 Å². The first-order chi connectivity index (χ1) is 17.2. The average Bonchev–Trinajstić information content (AvgIpc) is 2.87. The summed E-state index contributed by atoms with van der Waals surface area (Å²) in [6, 6.07) is 18.6. The fourth-order valence-corrected chi connectivity index (χ4v) is 6.38. The molecule has 0 spiro atoms. The highest BCUT2D eigenvalue weighted by Crippen LogP contribution is 2.30. The molecule has 1 aliphatic carbocycles. The quantitative estimate of drug-likeness (QED) is 0.412. The Balaban J connectivity index is 1.63. The molecule has 0 bridgehead atoms. The number of anilines is 1. The molecule has 0 aromatic heterocycles. The van der Waals surface area contributed by atoms with Crippen LogP contribution in [0.5, 0.6) is 0 Å². The summed E-state index contributed by atoms with van der Waals surface area (Å²) in [5, 5.41) is 3.11. The van der Waals surface area contributed by atoms with E-state index in [9.17, 15) is 13.2 Å². The average molecular weight is 505 g/mol. The lowest BCUT2D eigenvalue weighted by Crippen LogP contribution is -2.42. The van der Waals surface area contributed by atoms with E-state index in [0.29, 0.717) is 5.69 Å². The van der Waals surface area contributed by atoms with Crippen LogP contribution < -0.4 is 9.62 Å². The van der Waals surface area contributed by atoms with Crippen LogP contribution in [0.3, 0.4) is 0 Å². The molecule has 0 heterocycles. The zero-order valence-electron chi connectivity index (χ0n) is 21.7. The molecule has 5 nitrogen and oxygen atoms in total. The molecule has 36 heavy (non-hydrogen) atoms. The monoisotopic (exact) mass is 504 g/mol. The van der Waals surface area contributed by atoms with Crippen LogP contribution >= 0.6 is 0 Å². The van der Waals surface area contributed by atoms with Crippen molar-refractivity contribution in [1.82, 2.24) is 5.32 Å². The lowest BCUT2D eigenvalue weighted by molar-refractivity contribution is -0.120. The number of rotatable bonds is 8. The molecule has 0 unspecified atom stereocenters. The maximum atomic E-state index is 13.8. The Labute approximate surface area is 215 Å². The van der Waals surface area contributed by atoms with Gasteiger partial charge in [0.25, 0.3) is 10.0 Å². The van der Waals surface area contributed by atoms with E-state index in [1.165, 1.54) is 28.3 Å². The van der Waals surface area contributed by atoms with Crippen LogP contribution in [0.2, 0.25) is 0 Å². The number of sulfonamides is 1. The van der Waals surface area contributed by atoms with Crippen molar-refractivity contribution in [2.75, 3.05) is 10.8 Å². The Morgan fingerprint density at radius 1 is 0.944 bits per heavy atom. The first-order valence-electron chi connectivity index (χ1n) is 12.8. The van der Waals surface area contributed by atoms with Crippen molar-refractivity contribution >= 4 is 21.6 Å². The first-order valence-corrected chi connectivity index (χ1v) is 14.2. The number of nitrogens with zero attached hydrogens (tertiary/aromatic N) is 1. The van der Waals surface area contributed by atoms with E-state index in [1.54, 1.807) is 30.3 Å². The highest BCUT2D eigenvalue weighted by molar-refractivity contribution is 7.92. The second-order valence-corrected chi connectivity index (χ2v) is 11.7. The Morgan fingerprint density at radius 3 is 2.33 bits per heavy atom. The summed E-state index contributed by atoms with van der Waals surface area (Å²) in [5.41, 5.74) is 7.14. The third-order valence-corrected chi connectivity index (χ3v) is 9.03. The van der Waals surface area contributed by atoms with Gasteiger partial charge in [-0.1, -0.05) is 55.0 Å². The SMILES string of the molecule is CC[C@H](NC(=O)CN(c1cccc(C)c1C)S(=O)(=O)c1ccc(C)cc1)c1ccc2c(c1)CCCC2. The Morgan fingerprint density at radius 2 is 1.64 bits per heavy atom. The number of nitrogens with one attached hydrogen (secondary N) is 1. The maximum absolute atomic E-state index is 13.8. The second kappa shape index (κ2) is 10.9. The van der Waals surface area contributed by atoms with Crippen LogP contribution in [-0.2, 0) is 27.7 Å². The zero-order chi connectivity index (χ0) is 25.9. The number of hydrogen-bond acceptors (Lipinski definition) is 3. The Bertz CT molecular complexity index is 1350. The van der Waals surface area contributed by atoms with E-state index in [4.69, 9.17) is 0 Å². The first kappa shape index (κ1) is 26.0. The molecule has 1 N–H and O–H groups in total. The lowest BCUT2D eigenvalue weighted by atomic mass is 9.89. The number of carbonyl (C=O) groups is 1. The summed E-state index contributed by atoms with van der Waals surface area (Å²) in [7, 11) is -3.95. The summed E-state index contributed by atoms with van der Waals surface area (Å²) >= 11 is 0. The molecule has 6 heteroatoms. The van der Waals surface area contributed by atoms with Gasteiger partial charge in [-0.25, -0.2) is 8.42 Å². The third-order valence-electron chi connectivity index (χ3n) is 7.26. The van der Waals surface area contributed by atoms with Crippen molar-refractivity contribution < 1.29 is 13.2 Å². The van der Waals surface area contributed by atoms with Crippen LogP contribution in [0.25, 0.3) is 0 Å². The van der Waals surface area contributed by atoms with Gasteiger partial charge in [0.2, 0.25) is 5.91 Å². The predicted molar refractivity (Wildman–Crippen MR) is 146 cm³/mol. The predicted octanol–water partition coefficient (Wildman–Crippen LogP) is 5.95. The second-order valence-electron chi connectivity index (χ2n) is 9.81. The minimum absolute atomic E-state index is 0.170. The molecular formula is C30H36N2O3S. The van der Waals surface area contributed by atoms with Gasteiger partial charge in [0, 0.05) is 0 Å². The molecule has 1 amide bonds. The number of aryl methyl sites for hydroxylation is 4. The maximum Gasteiger partial charge on any atom is 0.264 e. The number of fused-ring (bicyclic) bond motifs is 1. The summed E-state index contributed by atoms with van der Waals surface area (Å²) in [6.45, 7) is 7.50. The summed E-state index contributed by atoms with van der Waals surface area (Å²) in [6.07, 6.45) is 5.33. The summed E-state index contributed by atoms with van der Waals surface area (Å²) in [4.78, 5) is 13.5. The van der Waals surface area contributed by atoms with Crippen molar-refractivity contribution in [2.45, 2.75) is 70.7 Å². The minimum atomic E-state index is -3.95. The van der Waals surface area contributed by atoms with Crippen molar-refractivity contribution in [1.29, 1.82) is 0 Å². The van der Waals surface area contributed by atoms with Gasteiger partial charge in [-0.3, -0.25) is 9.10 Å². The summed E-state index contributed by atoms with van der Waals surface area (Å²) in [5.74, 6) is -0.323. The van der Waals surface area contributed by atoms with Crippen molar-refractivity contribution in [3.05, 3.63) is 94.0 Å². The highest BCUT2D eigenvalue weighted by atomic mass is 32.2. The van der Waals surface area contributed by atoms with Crippen molar-refractivity contribution in [2.24, 2.45) is 0 Å². The normalized spacial score (nSPS) is 14.1. The molecule has 1 aliphatic rings. The van der Waals surface area contributed by atoms with Gasteiger partial charge in [0.15, 0.2) is 0 Å². The van der Waals surface area contributed by atoms with E-state index in [0.717, 1.165) is 41.5 Å². The molecule has 0 radical (unpaired) electrons. The molecule has 3 aromatic carbocycles. The molecule has 1 atom stereocenters. The van der Waals surface area contributed by atoms with E-state index in [-0.39, 0.29) is 23.4 Å². The van der Waals surface area contributed by atoms with Gasteiger partial charge in [-0.2, -0.15) is 0 Å². The smallest absolute Gasteiger partial charge is 0.264 e. The number of amides is 1. The van der Waals surface area contributed by atoms with Crippen LogP contribution in [-0.4, -0.2) is 20.9 Å². The number of benzene rings is 3. The van der Waals surface area contributed by atoms with Crippen molar-refractivity contribution in [3.63, 3.8) is 0 Å². The zero-order valence-corrected chi connectivity index (χ0v) is 22.5. The third kappa shape index (κ3) is 5.49.